The molecule has 5 nitrogen and oxygen atoms in total. The number of non-ortho nitro benzene ring substituents is 1. The van der Waals surface area contributed by atoms with Gasteiger partial charge in [0.15, 0.2) is 0 Å². The summed E-state index contributed by atoms with van der Waals surface area (Å²) < 4.78 is 0. The second kappa shape index (κ2) is 7.09. The number of nitrogens with zero attached hydrogens (tertiary/aromatic N) is 2. The summed E-state index contributed by atoms with van der Waals surface area (Å²) in [5, 5.41) is 20.6. The van der Waals surface area contributed by atoms with Crippen LogP contribution in [0.5, 0.6) is 5.75 Å². The molecule has 0 aromatic heterocycles. The zero-order valence-corrected chi connectivity index (χ0v) is 11.8. The van der Waals surface area contributed by atoms with Crippen molar-refractivity contribution in [2.45, 2.75) is 46.2 Å². The number of phenolic OH excluding ortho intramolecular Hbond substituents is 1. The first kappa shape index (κ1) is 15.4. The van der Waals surface area contributed by atoms with E-state index in [1.807, 2.05) is 0 Å². The van der Waals surface area contributed by atoms with Crippen molar-refractivity contribution < 1.29 is 10.0 Å². The van der Waals surface area contributed by atoms with Crippen LogP contribution < -0.4 is 0 Å². The Hall–Kier alpha value is -1.62. The first-order valence-corrected chi connectivity index (χ1v) is 6.73. The number of benzene rings is 1. The Labute approximate surface area is 114 Å². The molecule has 0 radical (unpaired) electrons. The fourth-order valence-corrected chi connectivity index (χ4v) is 2.34. The smallest absolute Gasteiger partial charge is 0.270 e. The van der Waals surface area contributed by atoms with E-state index >= 15 is 0 Å². The molecule has 0 atom stereocenters. The molecular weight excluding hydrogens is 244 g/mol. The minimum atomic E-state index is -0.434. The van der Waals surface area contributed by atoms with Crippen molar-refractivity contribution >= 4 is 5.69 Å². The van der Waals surface area contributed by atoms with Crippen LogP contribution in [0.1, 0.15) is 39.2 Å². The van der Waals surface area contributed by atoms with E-state index in [-0.39, 0.29) is 11.4 Å². The molecule has 5 heteroatoms. The van der Waals surface area contributed by atoms with Gasteiger partial charge in [0.2, 0.25) is 0 Å². The standard InChI is InChI=1S/C14H22N2O3/c1-4-12(5-2)15(6-3)10-11-9-13(16(18)19)7-8-14(11)17/h7-9,12,17H,4-6,10H2,1-3H3. The maximum atomic E-state index is 10.8. The van der Waals surface area contributed by atoms with Crippen molar-refractivity contribution in [3.8, 4) is 5.75 Å². The lowest BCUT2D eigenvalue weighted by atomic mass is 10.1. The van der Waals surface area contributed by atoms with Gasteiger partial charge in [-0.1, -0.05) is 20.8 Å². The van der Waals surface area contributed by atoms with E-state index in [4.69, 9.17) is 0 Å². The van der Waals surface area contributed by atoms with Crippen LogP contribution in [0.3, 0.4) is 0 Å². The van der Waals surface area contributed by atoms with Gasteiger partial charge in [-0.15, -0.1) is 0 Å². The number of nitro benzene ring substituents is 1. The molecule has 1 aromatic carbocycles. The molecule has 0 bridgehead atoms. The minimum absolute atomic E-state index is 0.0217. The van der Waals surface area contributed by atoms with Gasteiger partial charge in [0.25, 0.3) is 5.69 Å². The maximum absolute atomic E-state index is 10.8. The SMILES string of the molecule is CCC(CC)N(CC)Cc1cc([N+](=O)[O-])ccc1O. The molecule has 0 aliphatic carbocycles. The van der Waals surface area contributed by atoms with E-state index in [0.717, 1.165) is 19.4 Å². The molecule has 0 saturated heterocycles. The van der Waals surface area contributed by atoms with Crippen LogP contribution in [-0.2, 0) is 6.54 Å². The zero-order chi connectivity index (χ0) is 14.4. The van der Waals surface area contributed by atoms with Gasteiger partial charge < -0.3 is 5.11 Å². The molecule has 1 aromatic rings. The number of hydrogen-bond acceptors (Lipinski definition) is 4. The van der Waals surface area contributed by atoms with Crippen molar-refractivity contribution in [1.29, 1.82) is 0 Å². The number of rotatable bonds is 7. The zero-order valence-electron chi connectivity index (χ0n) is 11.8. The van der Waals surface area contributed by atoms with Gasteiger partial charge in [-0.25, -0.2) is 0 Å². The average molecular weight is 266 g/mol. The van der Waals surface area contributed by atoms with Crippen LogP contribution in [0.15, 0.2) is 18.2 Å². The molecule has 0 aliphatic rings. The molecule has 0 amide bonds. The van der Waals surface area contributed by atoms with Crippen LogP contribution >= 0.6 is 0 Å². The normalized spacial score (nSPS) is 11.2. The first-order chi connectivity index (χ1) is 9.03. The predicted molar refractivity (Wildman–Crippen MR) is 75.2 cm³/mol. The van der Waals surface area contributed by atoms with Gasteiger partial charge in [0.1, 0.15) is 5.75 Å². The lowest BCUT2D eigenvalue weighted by molar-refractivity contribution is -0.385. The van der Waals surface area contributed by atoms with Crippen molar-refractivity contribution in [3.63, 3.8) is 0 Å². The monoisotopic (exact) mass is 266 g/mol. The Morgan fingerprint density at radius 3 is 2.42 bits per heavy atom. The molecule has 1 N–H and O–H groups in total. The molecule has 0 heterocycles. The molecule has 0 unspecified atom stereocenters. The van der Waals surface area contributed by atoms with Gasteiger partial charge in [-0.3, -0.25) is 15.0 Å². The van der Waals surface area contributed by atoms with Gasteiger partial charge in [0.05, 0.1) is 4.92 Å². The van der Waals surface area contributed by atoms with Crippen LogP contribution in [0.2, 0.25) is 0 Å². The summed E-state index contributed by atoms with van der Waals surface area (Å²) in [6.07, 6.45) is 2.06. The summed E-state index contributed by atoms with van der Waals surface area (Å²) in [4.78, 5) is 12.6. The highest BCUT2D eigenvalue weighted by molar-refractivity contribution is 5.42. The van der Waals surface area contributed by atoms with Crippen molar-refractivity contribution in [2.24, 2.45) is 0 Å². The van der Waals surface area contributed by atoms with Gasteiger partial charge in [-0.05, 0) is 25.5 Å². The minimum Gasteiger partial charge on any atom is -0.508 e. The molecule has 19 heavy (non-hydrogen) atoms. The van der Waals surface area contributed by atoms with Crippen LogP contribution in [-0.4, -0.2) is 27.5 Å². The highest BCUT2D eigenvalue weighted by atomic mass is 16.6. The molecule has 106 valence electrons. The summed E-state index contributed by atoms with van der Waals surface area (Å²) >= 11 is 0. The third-order valence-corrected chi connectivity index (χ3v) is 3.51. The topological polar surface area (TPSA) is 66.6 Å². The Balaban J connectivity index is 2.95. The second-order valence-corrected chi connectivity index (χ2v) is 4.60. The van der Waals surface area contributed by atoms with Gasteiger partial charge in [-0.2, -0.15) is 0 Å². The number of aromatic hydroxyl groups is 1. The first-order valence-electron chi connectivity index (χ1n) is 6.73. The molecule has 0 fully saturated rings. The van der Waals surface area contributed by atoms with E-state index in [1.165, 1.54) is 18.2 Å². The number of nitro groups is 1. The van der Waals surface area contributed by atoms with Gasteiger partial charge >= 0.3 is 0 Å². The molecule has 0 spiro atoms. The predicted octanol–water partition coefficient (Wildman–Crippen LogP) is 3.31. The Kier molecular flexibility index (Phi) is 5.76. The summed E-state index contributed by atoms with van der Waals surface area (Å²) in [5.41, 5.74) is 0.636. The fraction of sp³-hybridized carbons (Fsp3) is 0.571. The molecule has 1 rings (SSSR count). The molecular formula is C14H22N2O3. The van der Waals surface area contributed by atoms with Crippen molar-refractivity contribution in [2.75, 3.05) is 6.54 Å². The maximum Gasteiger partial charge on any atom is 0.270 e. The van der Waals surface area contributed by atoms with E-state index in [0.29, 0.717) is 18.2 Å². The van der Waals surface area contributed by atoms with E-state index in [1.54, 1.807) is 0 Å². The van der Waals surface area contributed by atoms with Crippen LogP contribution in [0.4, 0.5) is 5.69 Å². The summed E-state index contributed by atoms with van der Waals surface area (Å²) in [6, 6.07) is 4.62. The fourth-order valence-electron chi connectivity index (χ4n) is 2.34. The third kappa shape index (κ3) is 3.92. The van der Waals surface area contributed by atoms with Crippen LogP contribution in [0, 0.1) is 10.1 Å². The van der Waals surface area contributed by atoms with Crippen LogP contribution in [0.25, 0.3) is 0 Å². The van der Waals surface area contributed by atoms with Gasteiger partial charge in [0, 0.05) is 30.3 Å². The second-order valence-electron chi connectivity index (χ2n) is 4.60. The Morgan fingerprint density at radius 1 is 1.32 bits per heavy atom. The highest BCUT2D eigenvalue weighted by Gasteiger charge is 2.17. The van der Waals surface area contributed by atoms with E-state index in [2.05, 4.69) is 25.7 Å². The Morgan fingerprint density at radius 2 is 1.95 bits per heavy atom. The lowest BCUT2D eigenvalue weighted by Crippen LogP contribution is -2.33. The third-order valence-electron chi connectivity index (χ3n) is 3.51. The summed E-state index contributed by atoms with van der Waals surface area (Å²) in [7, 11) is 0. The number of phenols is 1. The molecule has 0 saturated carbocycles. The quantitative estimate of drug-likeness (QED) is 0.607. The summed E-state index contributed by atoms with van der Waals surface area (Å²) in [6.45, 7) is 7.71. The largest absolute Gasteiger partial charge is 0.508 e. The van der Waals surface area contributed by atoms with E-state index < -0.39 is 4.92 Å². The van der Waals surface area contributed by atoms with E-state index in [9.17, 15) is 15.2 Å². The average Bonchev–Trinajstić information content (AvgIpc) is 2.40. The molecule has 0 aliphatic heterocycles. The van der Waals surface area contributed by atoms with Crippen molar-refractivity contribution in [1.82, 2.24) is 4.90 Å². The lowest BCUT2D eigenvalue weighted by Gasteiger charge is -2.29. The highest BCUT2D eigenvalue weighted by Crippen LogP contribution is 2.25. The van der Waals surface area contributed by atoms with Crippen molar-refractivity contribution in [3.05, 3.63) is 33.9 Å². The Bertz CT molecular complexity index is 431. The number of hydrogen-bond donors (Lipinski definition) is 1. The summed E-state index contributed by atoms with van der Waals surface area (Å²) in [5.74, 6) is 0.120.